The predicted molar refractivity (Wildman–Crippen MR) is 119 cm³/mol. The van der Waals surface area contributed by atoms with Gasteiger partial charge < -0.3 is 5.32 Å². The van der Waals surface area contributed by atoms with Gasteiger partial charge in [-0.2, -0.15) is 0 Å². The summed E-state index contributed by atoms with van der Waals surface area (Å²) in [6.45, 7) is 5.05. The van der Waals surface area contributed by atoms with Gasteiger partial charge in [-0.25, -0.2) is 0 Å². The van der Waals surface area contributed by atoms with Gasteiger partial charge in [-0.05, 0) is 62.3 Å². The number of piperidine rings is 1. The van der Waals surface area contributed by atoms with E-state index in [1.54, 1.807) is 0 Å². The van der Waals surface area contributed by atoms with Crippen molar-refractivity contribution in [3.8, 4) is 0 Å². The molecule has 2 aliphatic rings. The standard InChI is InChI=1S/C26H32N2O2/c1-18-8-9-21(14-19(18)2)25(29)12-13-26(30)27-22-15-23-10-11-24(16-22)28(23)17-20-6-4-3-5-7-20/h3-9,14,22-24H,10-13,15-17H2,1-2H3,(H,27,30). The van der Waals surface area contributed by atoms with Gasteiger partial charge in [-0.3, -0.25) is 14.5 Å². The second-order valence-corrected chi connectivity index (χ2v) is 9.00. The van der Waals surface area contributed by atoms with Crippen LogP contribution in [0.4, 0.5) is 0 Å². The number of hydrogen-bond acceptors (Lipinski definition) is 3. The van der Waals surface area contributed by atoms with E-state index in [0.717, 1.165) is 24.9 Å². The summed E-state index contributed by atoms with van der Waals surface area (Å²) in [6, 6.07) is 17.7. The van der Waals surface area contributed by atoms with Crippen LogP contribution in [0.15, 0.2) is 48.5 Å². The van der Waals surface area contributed by atoms with Crippen LogP contribution in [-0.4, -0.2) is 34.7 Å². The molecule has 0 radical (unpaired) electrons. The lowest BCUT2D eigenvalue weighted by molar-refractivity contribution is -0.122. The quantitative estimate of drug-likeness (QED) is 0.687. The smallest absolute Gasteiger partial charge is 0.220 e. The van der Waals surface area contributed by atoms with Gasteiger partial charge in [0.2, 0.25) is 5.91 Å². The zero-order chi connectivity index (χ0) is 21.1. The van der Waals surface area contributed by atoms with Gasteiger partial charge in [0.1, 0.15) is 0 Å². The summed E-state index contributed by atoms with van der Waals surface area (Å²) in [5.74, 6) is 0.0547. The molecule has 4 rings (SSSR count). The number of fused-ring (bicyclic) bond motifs is 2. The molecule has 4 heteroatoms. The van der Waals surface area contributed by atoms with E-state index in [0.29, 0.717) is 17.6 Å². The Morgan fingerprint density at radius 3 is 2.30 bits per heavy atom. The minimum atomic E-state index is 0.00749. The van der Waals surface area contributed by atoms with E-state index in [2.05, 4.69) is 40.5 Å². The van der Waals surface area contributed by atoms with Crippen LogP contribution < -0.4 is 5.32 Å². The SMILES string of the molecule is Cc1ccc(C(=O)CCC(=O)NC2CC3CCC(C2)N3Cc2ccccc2)cc1C. The van der Waals surface area contributed by atoms with Crippen molar-refractivity contribution >= 4 is 11.7 Å². The fourth-order valence-corrected chi connectivity index (χ4v) is 5.03. The van der Waals surface area contributed by atoms with Crippen molar-refractivity contribution in [2.75, 3.05) is 0 Å². The summed E-state index contributed by atoms with van der Waals surface area (Å²) in [6.07, 6.45) is 5.00. The van der Waals surface area contributed by atoms with Crippen molar-refractivity contribution in [3.63, 3.8) is 0 Å². The molecule has 2 fully saturated rings. The van der Waals surface area contributed by atoms with Gasteiger partial charge in [0.25, 0.3) is 0 Å². The first-order valence-corrected chi connectivity index (χ1v) is 11.2. The summed E-state index contributed by atoms with van der Waals surface area (Å²) in [5, 5.41) is 3.21. The first kappa shape index (κ1) is 20.8. The summed E-state index contributed by atoms with van der Waals surface area (Å²) >= 11 is 0. The lowest BCUT2D eigenvalue weighted by Gasteiger charge is -2.39. The first-order chi connectivity index (χ1) is 14.5. The molecule has 2 bridgehead atoms. The highest BCUT2D eigenvalue weighted by Crippen LogP contribution is 2.36. The largest absolute Gasteiger partial charge is 0.353 e. The van der Waals surface area contributed by atoms with Crippen molar-refractivity contribution < 1.29 is 9.59 Å². The molecule has 2 heterocycles. The number of amides is 1. The molecule has 0 aliphatic carbocycles. The molecule has 4 nitrogen and oxygen atoms in total. The Balaban J connectivity index is 1.26. The highest BCUT2D eigenvalue weighted by molar-refractivity contribution is 5.98. The van der Waals surface area contributed by atoms with Crippen LogP contribution in [0.1, 0.15) is 65.6 Å². The van der Waals surface area contributed by atoms with Gasteiger partial charge in [-0.15, -0.1) is 0 Å². The molecule has 158 valence electrons. The van der Waals surface area contributed by atoms with Gasteiger partial charge in [0, 0.05) is 43.1 Å². The molecule has 2 saturated heterocycles. The number of carbonyl (C=O) groups excluding carboxylic acids is 2. The van der Waals surface area contributed by atoms with E-state index in [1.807, 2.05) is 32.0 Å². The third-order valence-corrected chi connectivity index (χ3v) is 6.87. The number of ketones is 1. The van der Waals surface area contributed by atoms with Crippen molar-refractivity contribution in [1.82, 2.24) is 10.2 Å². The van der Waals surface area contributed by atoms with Gasteiger partial charge in [-0.1, -0.05) is 42.5 Å². The number of nitrogens with one attached hydrogen (secondary N) is 1. The first-order valence-electron chi connectivity index (χ1n) is 11.2. The Hall–Kier alpha value is -2.46. The van der Waals surface area contributed by atoms with Crippen LogP contribution in [0.5, 0.6) is 0 Å². The predicted octanol–water partition coefficient (Wildman–Crippen LogP) is 4.58. The Kier molecular flexibility index (Phi) is 6.33. The number of benzene rings is 2. The molecule has 2 unspecified atom stereocenters. The van der Waals surface area contributed by atoms with Crippen molar-refractivity contribution in [2.24, 2.45) is 0 Å². The van der Waals surface area contributed by atoms with Crippen LogP contribution in [0.2, 0.25) is 0 Å². The average molecular weight is 405 g/mol. The van der Waals surface area contributed by atoms with Gasteiger partial charge in [0.15, 0.2) is 5.78 Å². The Bertz CT molecular complexity index is 895. The average Bonchev–Trinajstić information content (AvgIpc) is 2.96. The molecule has 0 spiro atoms. The minimum Gasteiger partial charge on any atom is -0.353 e. The number of hydrogen-bond donors (Lipinski definition) is 1. The molecule has 2 aromatic carbocycles. The van der Waals surface area contributed by atoms with Crippen LogP contribution in [-0.2, 0) is 11.3 Å². The van der Waals surface area contributed by atoms with Gasteiger partial charge >= 0.3 is 0 Å². The van der Waals surface area contributed by atoms with Crippen LogP contribution in [0.25, 0.3) is 0 Å². The lowest BCUT2D eigenvalue weighted by atomic mass is 9.96. The fraction of sp³-hybridized carbons (Fsp3) is 0.462. The maximum atomic E-state index is 12.5. The fourth-order valence-electron chi connectivity index (χ4n) is 5.03. The number of nitrogens with zero attached hydrogens (tertiary/aromatic N) is 1. The van der Waals surface area contributed by atoms with Crippen LogP contribution >= 0.6 is 0 Å². The number of aryl methyl sites for hydroxylation is 2. The van der Waals surface area contributed by atoms with Crippen molar-refractivity contribution in [1.29, 1.82) is 0 Å². The van der Waals surface area contributed by atoms with Crippen molar-refractivity contribution in [3.05, 3.63) is 70.8 Å². The normalized spacial score (nSPS) is 23.3. The summed E-state index contributed by atoms with van der Waals surface area (Å²) in [7, 11) is 0. The number of Topliss-reactive ketones (excluding diaryl/α,β-unsaturated/α-hetero) is 1. The molecule has 0 aromatic heterocycles. The second kappa shape index (κ2) is 9.13. The Labute approximate surface area is 179 Å². The molecule has 2 atom stereocenters. The highest BCUT2D eigenvalue weighted by atomic mass is 16.2. The maximum Gasteiger partial charge on any atom is 0.220 e. The molecule has 2 aliphatic heterocycles. The molecule has 0 saturated carbocycles. The second-order valence-electron chi connectivity index (χ2n) is 9.00. The van der Waals surface area contributed by atoms with E-state index in [9.17, 15) is 9.59 Å². The lowest BCUT2D eigenvalue weighted by Crippen LogP contribution is -2.50. The van der Waals surface area contributed by atoms with E-state index in [1.165, 1.54) is 24.0 Å². The van der Waals surface area contributed by atoms with Crippen LogP contribution in [0.3, 0.4) is 0 Å². The zero-order valence-corrected chi connectivity index (χ0v) is 18.1. The van der Waals surface area contributed by atoms with Crippen LogP contribution in [0, 0.1) is 13.8 Å². The Morgan fingerprint density at radius 2 is 1.63 bits per heavy atom. The molecule has 2 aromatic rings. The zero-order valence-electron chi connectivity index (χ0n) is 18.1. The Morgan fingerprint density at radius 1 is 0.933 bits per heavy atom. The van der Waals surface area contributed by atoms with Crippen molar-refractivity contribution in [2.45, 2.75) is 77.0 Å². The van der Waals surface area contributed by atoms with E-state index in [4.69, 9.17) is 0 Å². The van der Waals surface area contributed by atoms with E-state index in [-0.39, 0.29) is 30.6 Å². The summed E-state index contributed by atoms with van der Waals surface area (Å²) in [5.41, 5.74) is 4.36. The third kappa shape index (κ3) is 4.81. The third-order valence-electron chi connectivity index (χ3n) is 6.87. The van der Waals surface area contributed by atoms with E-state index < -0.39 is 0 Å². The highest BCUT2D eigenvalue weighted by Gasteiger charge is 2.40. The molecule has 1 amide bonds. The molecule has 30 heavy (non-hydrogen) atoms. The monoisotopic (exact) mass is 404 g/mol. The minimum absolute atomic E-state index is 0.00749. The number of rotatable bonds is 7. The summed E-state index contributed by atoms with van der Waals surface area (Å²) in [4.78, 5) is 27.6. The molecular formula is C26H32N2O2. The number of carbonyl (C=O) groups is 2. The maximum absolute atomic E-state index is 12.5. The van der Waals surface area contributed by atoms with E-state index >= 15 is 0 Å². The van der Waals surface area contributed by atoms with Gasteiger partial charge in [0.05, 0.1) is 0 Å². The summed E-state index contributed by atoms with van der Waals surface area (Å²) < 4.78 is 0. The topological polar surface area (TPSA) is 49.4 Å². The molecule has 1 N–H and O–H groups in total. The molecular weight excluding hydrogens is 372 g/mol.